The Labute approximate surface area is 321 Å². The molecule has 0 saturated carbocycles. The summed E-state index contributed by atoms with van der Waals surface area (Å²) in [5.41, 5.74) is 5.49. The van der Waals surface area contributed by atoms with Gasteiger partial charge in [-0.2, -0.15) is 0 Å². The first-order valence-electron chi connectivity index (χ1n) is 22.5. The lowest BCUT2D eigenvalue weighted by atomic mass is 10.0. The summed E-state index contributed by atoms with van der Waals surface area (Å²) in [5, 5.41) is 11.9. The van der Waals surface area contributed by atoms with E-state index in [-0.39, 0.29) is 18.0 Å². The fourth-order valence-corrected chi connectivity index (χ4v) is 6.90. The van der Waals surface area contributed by atoms with E-state index < -0.39 is 12.0 Å². The predicted octanol–water partition coefficient (Wildman–Crippen LogP) is 12.7. The summed E-state index contributed by atoms with van der Waals surface area (Å²) in [7, 11) is 0. The molecule has 0 rings (SSSR count). The maximum Gasteiger partial charge on any atom is 0.326 e. The molecule has 0 aliphatic carbocycles. The molecule has 0 spiro atoms. The summed E-state index contributed by atoms with van der Waals surface area (Å²) in [5.74, 6) is -1.23. The highest BCUT2D eigenvalue weighted by atomic mass is 16.5. The van der Waals surface area contributed by atoms with Gasteiger partial charge in [-0.05, 0) is 77.2 Å². The van der Waals surface area contributed by atoms with Gasteiger partial charge >= 0.3 is 11.9 Å². The monoisotopic (exact) mass is 735 g/mol. The first-order valence-corrected chi connectivity index (χ1v) is 22.5. The number of ether oxygens (including phenoxy) is 1. The summed E-state index contributed by atoms with van der Waals surface area (Å²) in [4.78, 5) is 36.4. The van der Waals surface area contributed by atoms with E-state index in [4.69, 9.17) is 10.5 Å². The summed E-state index contributed by atoms with van der Waals surface area (Å²) >= 11 is 0. The Kier molecular flexibility index (Phi) is 38.8. The molecular weight excluding hydrogens is 649 g/mol. The van der Waals surface area contributed by atoms with Crippen molar-refractivity contribution in [3.8, 4) is 0 Å². The second kappa shape index (κ2) is 40.3. The third-order valence-electron chi connectivity index (χ3n) is 10.3. The predicted molar refractivity (Wildman–Crippen MR) is 221 cm³/mol. The first kappa shape index (κ1) is 50.1. The molecule has 0 bridgehead atoms. The van der Waals surface area contributed by atoms with Gasteiger partial charge in [-0.1, -0.05) is 167 Å². The first-order chi connectivity index (χ1) is 25.4. The minimum absolute atomic E-state index is 0.0150. The average Bonchev–Trinajstić information content (AvgIpc) is 3.13. The lowest BCUT2D eigenvalue weighted by Gasteiger charge is -2.18. The zero-order valence-corrected chi connectivity index (χ0v) is 34.4. The van der Waals surface area contributed by atoms with Crippen molar-refractivity contribution in [3.05, 3.63) is 12.2 Å². The fourth-order valence-electron chi connectivity index (χ4n) is 6.90. The Morgan fingerprint density at radius 1 is 0.538 bits per heavy atom. The number of nitrogens with one attached hydrogen (secondary N) is 1. The zero-order chi connectivity index (χ0) is 38.2. The normalized spacial score (nSPS) is 12.7. The number of amides is 1. The minimum atomic E-state index is -1.00. The van der Waals surface area contributed by atoms with Gasteiger partial charge in [0, 0.05) is 12.8 Å². The highest BCUT2D eigenvalue weighted by molar-refractivity contribution is 5.83. The molecule has 52 heavy (non-hydrogen) atoms. The van der Waals surface area contributed by atoms with Gasteiger partial charge in [-0.15, -0.1) is 0 Å². The SMILES string of the molecule is CCCC/C=C\CCCCCCCC(=O)OC(CCCCCCCCCCCCCCCCC)CCCCCCCC(=O)NC(CCCN)C(=O)O. The van der Waals surface area contributed by atoms with Crippen LogP contribution in [0.1, 0.15) is 239 Å². The highest BCUT2D eigenvalue weighted by Crippen LogP contribution is 2.19. The summed E-state index contributed by atoms with van der Waals surface area (Å²) in [6.07, 6.45) is 44.0. The van der Waals surface area contributed by atoms with Gasteiger partial charge in [-0.25, -0.2) is 4.79 Å². The molecule has 0 heterocycles. The van der Waals surface area contributed by atoms with Gasteiger partial charge in [-0.3, -0.25) is 9.59 Å². The third-order valence-corrected chi connectivity index (χ3v) is 10.3. The summed E-state index contributed by atoms with van der Waals surface area (Å²) in [6, 6.07) is -0.854. The summed E-state index contributed by atoms with van der Waals surface area (Å²) in [6.45, 7) is 4.93. The van der Waals surface area contributed by atoms with Crippen LogP contribution in [0.25, 0.3) is 0 Å². The number of carboxylic acid groups (broad SMARTS) is 1. The lowest BCUT2D eigenvalue weighted by molar-refractivity contribution is -0.150. The molecule has 0 saturated heterocycles. The van der Waals surface area contributed by atoms with Crippen LogP contribution in [0.5, 0.6) is 0 Å². The smallest absolute Gasteiger partial charge is 0.326 e. The van der Waals surface area contributed by atoms with E-state index in [1.165, 1.54) is 135 Å². The number of hydrogen-bond acceptors (Lipinski definition) is 5. The van der Waals surface area contributed by atoms with E-state index in [1.807, 2.05) is 0 Å². The highest BCUT2D eigenvalue weighted by Gasteiger charge is 2.19. The van der Waals surface area contributed by atoms with Crippen LogP contribution in [0.2, 0.25) is 0 Å². The van der Waals surface area contributed by atoms with Crippen molar-refractivity contribution in [2.75, 3.05) is 6.54 Å². The van der Waals surface area contributed by atoms with Gasteiger partial charge < -0.3 is 20.9 Å². The Balaban J connectivity index is 4.30. The molecule has 4 N–H and O–H groups in total. The van der Waals surface area contributed by atoms with Crippen LogP contribution in [-0.4, -0.2) is 41.6 Å². The number of nitrogens with two attached hydrogens (primary N) is 1. The zero-order valence-electron chi connectivity index (χ0n) is 34.4. The van der Waals surface area contributed by atoms with Crippen LogP contribution in [0.15, 0.2) is 12.2 Å². The number of aliphatic carboxylic acids is 1. The van der Waals surface area contributed by atoms with Crippen LogP contribution >= 0.6 is 0 Å². The quantitative estimate of drug-likeness (QED) is 0.0327. The van der Waals surface area contributed by atoms with E-state index in [0.29, 0.717) is 32.2 Å². The van der Waals surface area contributed by atoms with Crippen molar-refractivity contribution < 1.29 is 24.2 Å². The Morgan fingerprint density at radius 2 is 0.962 bits per heavy atom. The van der Waals surface area contributed by atoms with Gasteiger partial charge in [0.15, 0.2) is 0 Å². The molecule has 0 radical (unpaired) electrons. The fraction of sp³-hybridized carbons (Fsp3) is 0.889. The number of carbonyl (C=O) groups is 3. The van der Waals surface area contributed by atoms with Crippen molar-refractivity contribution in [2.45, 2.75) is 251 Å². The molecule has 306 valence electrons. The molecule has 0 aromatic heterocycles. The number of carbonyl (C=O) groups excluding carboxylic acids is 2. The topological polar surface area (TPSA) is 119 Å². The van der Waals surface area contributed by atoms with E-state index >= 15 is 0 Å². The average molecular weight is 735 g/mol. The number of esters is 1. The maximum atomic E-state index is 12.8. The number of rotatable bonds is 41. The van der Waals surface area contributed by atoms with E-state index in [2.05, 4.69) is 31.3 Å². The Bertz CT molecular complexity index is 833. The molecule has 7 nitrogen and oxygen atoms in total. The number of allylic oxidation sites excluding steroid dienone is 2. The molecule has 7 heteroatoms. The molecule has 0 aromatic rings. The molecule has 0 aliphatic heterocycles. The van der Waals surface area contributed by atoms with Gasteiger partial charge in [0.1, 0.15) is 12.1 Å². The van der Waals surface area contributed by atoms with Crippen molar-refractivity contribution in [1.82, 2.24) is 5.32 Å². The Hall–Kier alpha value is -1.89. The van der Waals surface area contributed by atoms with Crippen LogP contribution in [0.4, 0.5) is 0 Å². The molecule has 1 amide bonds. The second-order valence-electron chi connectivity index (χ2n) is 15.5. The van der Waals surface area contributed by atoms with E-state index in [0.717, 1.165) is 64.2 Å². The van der Waals surface area contributed by atoms with Crippen LogP contribution in [0.3, 0.4) is 0 Å². The van der Waals surface area contributed by atoms with Crippen LogP contribution < -0.4 is 11.1 Å². The lowest BCUT2D eigenvalue weighted by Crippen LogP contribution is -2.40. The van der Waals surface area contributed by atoms with Gasteiger partial charge in [0.25, 0.3) is 0 Å². The number of unbranched alkanes of at least 4 members (excludes halogenated alkanes) is 25. The van der Waals surface area contributed by atoms with E-state index in [9.17, 15) is 19.5 Å². The second-order valence-corrected chi connectivity index (χ2v) is 15.5. The Morgan fingerprint density at radius 3 is 1.44 bits per heavy atom. The molecule has 0 aliphatic rings. The molecule has 2 atom stereocenters. The van der Waals surface area contributed by atoms with Crippen molar-refractivity contribution >= 4 is 17.8 Å². The number of carboxylic acids is 1. The van der Waals surface area contributed by atoms with E-state index in [1.54, 1.807) is 0 Å². The largest absolute Gasteiger partial charge is 0.480 e. The van der Waals surface area contributed by atoms with Crippen molar-refractivity contribution in [3.63, 3.8) is 0 Å². The summed E-state index contributed by atoms with van der Waals surface area (Å²) < 4.78 is 6.05. The molecular formula is C45H86N2O5. The molecule has 0 aromatic carbocycles. The maximum absolute atomic E-state index is 12.8. The standard InChI is InChI=1S/C45H86N2O5/c1-3-5-7-9-11-13-15-16-17-18-20-21-23-26-30-35-41(52-44(49)39-33-29-24-22-19-14-12-10-8-6-4-2)36-31-27-25-28-32-38-43(48)47-42(45(50)51)37-34-40-46/h10,12,41-42H,3-9,11,13-40,46H2,1-2H3,(H,47,48)(H,50,51)/b12-10-. The van der Waals surface area contributed by atoms with Crippen LogP contribution in [0, 0.1) is 0 Å². The van der Waals surface area contributed by atoms with Gasteiger partial charge in [0.2, 0.25) is 5.91 Å². The van der Waals surface area contributed by atoms with Crippen LogP contribution in [-0.2, 0) is 19.1 Å². The van der Waals surface area contributed by atoms with Gasteiger partial charge in [0.05, 0.1) is 0 Å². The number of hydrogen-bond donors (Lipinski definition) is 3. The third kappa shape index (κ3) is 36.5. The van der Waals surface area contributed by atoms with Crippen molar-refractivity contribution in [2.24, 2.45) is 5.73 Å². The molecule has 0 fully saturated rings. The molecule has 2 unspecified atom stereocenters. The van der Waals surface area contributed by atoms with Crippen molar-refractivity contribution in [1.29, 1.82) is 0 Å². The minimum Gasteiger partial charge on any atom is -0.480 e.